The number of rotatable bonds is 6. The normalized spacial score (nSPS) is 12.2. The van der Waals surface area contributed by atoms with Gasteiger partial charge in [-0.25, -0.2) is 0 Å². The molecule has 0 atom stereocenters. The van der Waals surface area contributed by atoms with E-state index in [2.05, 4.69) is 5.32 Å². The van der Waals surface area contributed by atoms with E-state index in [-0.39, 0.29) is 18.4 Å². The van der Waals surface area contributed by atoms with Crippen molar-refractivity contribution in [1.29, 1.82) is 0 Å². The highest BCUT2D eigenvalue weighted by atomic mass is 16.6. The molecule has 2 aromatic rings. The van der Waals surface area contributed by atoms with E-state index in [1.54, 1.807) is 42.5 Å². The van der Waals surface area contributed by atoms with Crippen LogP contribution in [0.5, 0.6) is 17.2 Å². The molecule has 0 saturated heterocycles. The Balaban J connectivity index is 1.68. The van der Waals surface area contributed by atoms with E-state index in [9.17, 15) is 9.59 Å². The summed E-state index contributed by atoms with van der Waals surface area (Å²) in [5.41, 5.74) is 1.21. The van der Waals surface area contributed by atoms with E-state index >= 15 is 0 Å². The Hall–Kier alpha value is -3.22. The summed E-state index contributed by atoms with van der Waals surface area (Å²) in [4.78, 5) is 25.9. The Bertz CT molecular complexity index is 820. The second kappa shape index (κ2) is 8.44. The van der Waals surface area contributed by atoms with Gasteiger partial charge >= 0.3 is 0 Å². The maximum atomic E-state index is 12.4. The van der Waals surface area contributed by atoms with E-state index in [1.807, 2.05) is 6.92 Å². The highest BCUT2D eigenvalue weighted by Gasteiger charge is 2.19. The molecule has 7 nitrogen and oxygen atoms in total. The monoisotopic (exact) mass is 370 g/mol. The third-order valence-corrected chi connectivity index (χ3v) is 3.97. The van der Waals surface area contributed by atoms with Crippen LogP contribution >= 0.6 is 0 Å². The molecule has 0 bridgehead atoms. The zero-order valence-corrected chi connectivity index (χ0v) is 15.4. The van der Waals surface area contributed by atoms with Crippen molar-refractivity contribution in [1.82, 2.24) is 0 Å². The molecule has 1 aliphatic heterocycles. The summed E-state index contributed by atoms with van der Waals surface area (Å²) >= 11 is 0. The molecule has 0 aliphatic carbocycles. The lowest BCUT2D eigenvalue weighted by atomic mass is 10.2. The van der Waals surface area contributed by atoms with Crippen molar-refractivity contribution >= 4 is 23.2 Å². The van der Waals surface area contributed by atoms with Gasteiger partial charge in [-0.1, -0.05) is 0 Å². The molecule has 2 amide bonds. The fourth-order valence-corrected chi connectivity index (χ4v) is 2.73. The molecule has 1 N–H and O–H groups in total. The van der Waals surface area contributed by atoms with Crippen molar-refractivity contribution in [2.45, 2.75) is 13.8 Å². The van der Waals surface area contributed by atoms with Gasteiger partial charge in [-0.3, -0.25) is 9.59 Å². The van der Waals surface area contributed by atoms with E-state index in [0.717, 1.165) is 5.75 Å². The van der Waals surface area contributed by atoms with Gasteiger partial charge < -0.3 is 24.4 Å². The molecule has 142 valence electrons. The fourth-order valence-electron chi connectivity index (χ4n) is 2.73. The number of ether oxygens (including phenoxy) is 3. The minimum Gasteiger partial charge on any atom is -0.494 e. The Kier molecular flexibility index (Phi) is 5.80. The predicted octanol–water partition coefficient (Wildman–Crippen LogP) is 2.85. The van der Waals surface area contributed by atoms with Crippen molar-refractivity contribution in [3.05, 3.63) is 42.5 Å². The molecule has 3 rings (SSSR count). The number of nitrogens with zero attached hydrogens (tertiary/aromatic N) is 1. The van der Waals surface area contributed by atoms with Crippen LogP contribution < -0.4 is 24.4 Å². The zero-order valence-electron chi connectivity index (χ0n) is 15.4. The summed E-state index contributed by atoms with van der Waals surface area (Å²) in [6.07, 6.45) is 0. The molecule has 0 radical (unpaired) electrons. The summed E-state index contributed by atoms with van der Waals surface area (Å²) in [5, 5.41) is 2.78. The molecule has 2 aromatic carbocycles. The number of fused-ring (bicyclic) bond motifs is 1. The van der Waals surface area contributed by atoms with Crippen LogP contribution in [0.25, 0.3) is 0 Å². The summed E-state index contributed by atoms with van der Waals surface area (Å²) in [5.74, 6) is 1.39. The first-order valence-electron chi connectivity index (χ1n) is 8.77. The van der Waals surface area contributed by atoms with E-state index in [4.69, 9.17) is 14.2 Å². The number of nitrogens with one attached hydrogen (secondary N) is 1. The first-order valence-corrected chi connectivity index (χ1v) is 8.77. The first-order chi connectivity index (χ1) is 13.1. The van der Waals surface area contributed by atoms with Crippen molar-refractivity contribution in [2.24, 2.45) is 0 Å². The quantitative estimate of drug-likeness (QED) is 0.846. The van der Waals surface area contributed by atoms with E-state index in [0.29, 0.717) is 42.7 Å². The fraction of sp³-hybridized carbons (Fsp3) is 0.300. The van der Waals surface area contributed by atoms with Crippen molar-refractivity contribution in [3.8, 4) is 17.2 Å². The number of hydrogen-bond donors (Lipinski definition) is 1. The molecule has 0 fully saturated rings. The lowest BCUT2D eigenvalue weighted by Crippen LogP contribution is -2.36. The van der Waals surface area contributed by atoms with Gasteiger partial charge in [0.25, 0.3) is 0 Å². The lowest BCUT2D eigenvalue weighted by Gasteiger charge is -2.24. The van der Waals surface area contributed by atoms with Crippen LogP contribution in [0, 0.1) is 0 Å². The molecular weight excluding hydrogens is 348 g/mol. The van der Waals surface area contributed by atoms with Crippen LogP contribution in [0.3, 0.4) is 0 Å². The third kappa shape index (κ3) is 4.69. The molecular formula is C20H22N2O5. The topological polar surface area (TPSA) is 77.1 Å². The maximum Gasteiger partial charge on any atom is 0.244 e. The van der Waals surface area contributed by atoms with Crippen molar-refractivity contribution < 1.29 is 23.8 Å². The third-order valence-electron chi connectivity index (χ3n) is 3.97. The van der Waals surface area contributed by atoms with E-state index in [1.165, 1.54) is 11.8 Å². The van der Waals surface area contributed by atoms with Crippen molar-refractivity contribution in [3.63, 3.8) is 0 Å². The summed E-state index contributed by atoms with van der Waals surface area (Å²) < 4.78 is 16.4. The SMILES string of the molecule is CCOc1ccc(NC(=O)CN(C(C)=O)c2ccc3c(c2)OCCO3)cc1. The highest BCUT2D eigenvalue weighted by Crippen LogP contribution is 2.34. The standard InChI is InChI=1S/C20H22N2O5/c1-3-25-17-7-4-15(5-8-17)21-20(24)13-22(14(2)23)16-6-9-18-19(12-16)27-11-10-26-18/h4-9,12H,3,10-11,13H2,1-2H3,(H,21,24). The van der Waals surface area contributed by atoms with Gasteiger partial charge in [0, 0.05) is 24.4 Å². The number of amides is 2. The summed E-state index contributed by atoms with van der Waals surface area (Å²) in [6, 6.07) is 12.3. The maximum absolute atomic E-state index is 12.4. The lowest BCUT2D eigenvalue weighted by molar-refractivity contribution is -0.120. The number of hydrogen-bond acceptors (Lipinski definition) is 5. The number of carbonyl (C=O) groups is 2. The molecule has 27 heavy (non-hydrogen) atoms. The smallest absolute Gasteiger partial charge is 0.244 e. The Morgan fingerprint density at radius 2 is 1.78 bits per heavy atom. The molecule has 0 aromatic heterocycles. The molecule has 1 aliphatic rings. The largest absolute Gasteiger partial charge is 0.494 e. The van der Waals surface area contributed by atoms with Gasteiger partial charge in [-0.05, 0) is 43.3 Å². The molecule has 1 heterocycles. The van der Waals surface area contributed by atoms with Gasteiger partial charge in [-0.2, -0.15) is 0 Å². The van der Waals surface area contributed by atoms with Gasteiger partial charge in [0.2, 0.25) is 11.8 Å². The van der Waals surface area contributed by atoms with E-state index < -0.39 is 0 Å². The Labute approximate surface area is 157 Å². The Morgan fingerprint density at radius 1 is 1.07 bits per heavy atom. The molecule has 7 heteroatoms. The van der Waals surface area contributed by atoms with Crippen LogP contribution in [0.1, 0.15) is 13.8 Å². The predicted molar refractivity (Wildman–Crippen MR) is 102 cm³/mol. The van der Waals surface area contributed by atoms with Crippen molar-refractivity contribution in [2.75, 3.05) is 36.6 Å². The van der Waals surface area contributed by atoms with Crippen LogP contribution in [0.4, 0.5) is 11.4 Å². The van der Waals surface area contributed by atoms with Gasteiger partial charge in [0.1, 0.15) is 25.5 Å². The minimum absolute atomic E-state index is 0.109. The number of benzene rings is 2. The van der Waals surface area contributed by atoms with Gasteiger partial charge in [0.15, 0.2) is 11.5 Å². The average molecular weight is 370 g/mol. The highest BCUT2D eigenvalue weighted by molar-refractivity contribution is 6.02. The number of anilines is 2. The minimum atomic E-state index is -0.302. The van der Waals surface area contributed by atoms with Gasteiger partial charge in [0.05, 0.1) is 6.61 Å². The average Bonchev–Trinajstić information content (AvgIpc) is 2.67. The molecule has 0 spiro atoms. The van der Waals surface area contributed by atoms with Gasteiger partial charge in [-0.15, -0.1) is 0 Å². The van der Waals surface area contributed by atoms with Crippen LogP contribution in [0.2, 0.25) is 0 Å². The summed E-state index contributed by atoms with van der Waals surface area (Å²) in [7, 11) is 0. The second-order valence-electron chi connectivity index (χ2n) is 5.94. The molecule has 0 saturated carbocycles. The zero-order chi connectivity index (χ0) is 19.2. The first kappa shape index (κ1) is 18.6. The van der Waals surface area contributed by atoms with Crippen LogP contribution in [0.15, 0.2) is 42.5 Å². The second-order valence-corrected chi connectivity index (χ2v) is 5.94. The summed E-state index contributed by atoms with van der Waals surface area (Å²) in [6.45, 7) is 4.74. The Morgan fingerprint density at radius 3 is 2.44 bits per heavy atom. The van der Waals surface area contributed by atoms with Crippen LogP contribution in [-0.2, 0) is 9.59 Å². The molecule has 0 unspecified atom stereocenters. The number of carbonyl (C=O) groups excluding carboxylic acids is 2. The van der Waals surface area contributed by atoms with Crippen LogP contribution in [-0.4, -0.2) is 38.2 Å².